The fourth-order valence-corrected chi connectivity index (χ4v) is 4.16. The van der Waals surface area contributed by atoms with E-state index in [4.69, 9.17) is 0 Å². The van der Waals surface area contributed by atoms with Crippen molar-refractivity contribution < 1.29 is 14.4 Å². The third-order valence-electron chi connectivity index (χ3n) is 4.84. The summed E-state index contributed by atoms with van der Waals surface area (Å²) in [6.45, 7) is 0.312. The fourth-order valence-electron chi connectivity index (χ4n) is 3.44. The van der Waals surface area contributed by atoms with Gasteiger partial charge in [-0.25, -0.2) is 0 Å². The molecule has 9 heteroatoms. The first-order chi connectivity index (χ1) is 13.6. The van der Waals surface area contributed by atoms with Crippen LogP contribution >= 0.6 is 11.8 Å². The number of amidine groups is 1. The number of carbonyl (C=O) groups is 3. The first-order valence-corrected chi connectivity index (χ1v) is 10.5. The number of rotatable bonds is 8. The molecule has 148 valence electrons. The molecule has 0 unspecified atom stereocenters. The molecule has 3 amide bonds. The Balaban J connectivity index is 1.35. The van der Waals surface area contributed by atoms with Crippen LogP contribution in [0.1, 0.15) is 46.4 Å². The van der Waals surface area contributed by atoms with Gasteiger partial charge in [0.2, 0.25) is 5.91 Å². The summed E-state index contributed by atoms with van der Waals surface area (Å²) in [6.07, 6.45) is 4.41. The average molecular weight is 403 g/mol. The SMILES string of the molecule is O=[N+]=C(CSCC(=O)NCCN1C(=O)c2ccccc2C1=O)NC1CCCC1. The van der Waals surface area contributed by atoms with Gasteiger partial charge in [-0.2, -0.15) is 0 Å². The van der Waals surface area contributed by atoms with E-state index in [0.29, 0.717) is 28.8 Å². The quantitative estimate of drug-likeness (QED) is 0.289. The lowest BCUT2D eigenvalue weighted by molar-refractivity contribution is -0.118. The standard InChI is InChI=1S/C19H22N4O4S/c24-17(12-28-11-16(22-27)21-13-5-1-2-6-13)20-9-10-23-18(25)14-7-3-4-8-15(14)19(23)26/h3-4,7-8,13H,1-2,5-6,9-12H2,(H,20,24)/p+1. The van der Waals surface area contributed by atoms with Crippen LogP contribution in [0.3, 0.4) is 0 Å². The molecule has 2 aliphatic rings. The summed E-state index contributed by atoms with van der Waals surface area (Å²) < 4.78 is 0. The average Bonchev–Trinajstić information content (AvgIpc) is 3.30. The molecule has 0 spiro atoms. The van der Waals surface area contributed by atoms with Crippen molar-refractivity contribution in [2.75, 3.05) is 24.6 Å². The van der Waals surface area contributed by atoms with Gasteiger partial charge in [0.25, 0.3) is 11.8 Å². The highest BCUT2D eigenvalue weighted by Gasteiger charge is 2.34. The largest absolute Gasteiger partial charge is 0.411 e. The minimum atomic E-state index is -0.335. The molecule has 1 aliphatic carbocycles. The lowest BCUT2D eigenvalue weighted by Gasteiger charge is -2.14. The van der Waals surface area contributed by atoms with Crippen molar-refractivity contribution in [3.8, 4) is 0 Å². The van der Waals surface area contributed by atoms with E-state index in [1.54, 1.807) is 24.3 Å². The highest BCUT2D eigenvalue weighted by Crippen LogP contribution is 2.21. The lowest BCUT2D eigenvalue weighted by atomic mass is 10.1. The molecule has 3 rings (SSSR count). The molecule has 1 fully saturated rings. The van der Waals surface area contributed by atoms with Gasteiger partial charge >= 0.3 is 5.84 Å². The molecule has 0 radical (unpaired) electrons. The summed E-state index contributed by atoms with van der Waals surface area (Å²) in [5.41, 5.74) is 0.794. The Labute approximate surface area is 167 Å². The Hall–Kier alpha value is -2.64. The van der Waals surface area contributed by atoms with Crippen LogP contribution in [0.5, 0.6) is 0 Å². The summed E-state index contributed by atoms with van der Waals surface area (Å²) in [7, 11) is 0. The van der Waals surface area contributed by atoms with Crippen LogP contribution in [0.25, 0.3) is 0 Å². The number of thioether (sulfide) groups is 1. The first kappa shape index (κ1) is 20.1. The molecule has 1 aliphatic heterocycles. The smallest absolute Gasteiger partial charge is 0.354 e. The maximum Gasteiger partial charge on any atom is 0.411 e. The van der Waals surface area contributed by atoms with Gasteiger partial charge in [0, 0.05) is 18.0 Å². The molecule has 1 saturated carbocycles. The van der Waals surface area contributed by atoms with Crippen molar-refractivity contribution in [2.45, 2.75) is 31.7 Å². The van der Waals surface area contributed by atoms with E-state index in [1.807, 2.05) is 0 Å². The highest BCUT2D eigenvalue weighted by atomic mass is 32.2. The second kappa shape index (κ2) is 9.52. The number of nitroso groups, excluding NO2 is 1. The second-order valence-electron chi connectivity index (χ2n) is 6.81. The third-order valence-corrected chi connectivity index (χ3v) is 5.79. The van der Waals surface area contributed by atoms with E-state index < -0.39 is 0 Å². The Morgan fingerprint density at radius 3 is 2.36 bits per heavy atom. The molecular formula is C19H23N4O4S+. The fraction of sp³-hybridized carbons (Fsp3) is 0.474. The van der Waals surface area contributed by atoms with Crippen LogP contribution in [-0.2, 0) is 4.79 Å². The maximum absolute atomic E-state index is 12.2. The molecule has 0 saturated heterocycles. The van der Waals surface area contributed by atoms with E-state index >= 15 is 0 Å². The number of nitrogens with zero attached hydrogens (tertiary/aromatic N) is 2. The zero-order chi connectivity index (χ0) is 19.9. The maximum atomic E-state index is 12.2. The Bertz CT molecular complexity index is 781. The molecule has 0 bridgehead atoms. The number of amides is 3. The molecule has 8 nitrogen and oxygen atoms in total. The molecule has 1 aromatic rings. The second-order valence-corrected chi connectivity index (χ2v) is 7.80. The molecule has 28 heavy (non-hydrogen) atoms. The van der Waals surface area contributed by atoms with E-state index in [1.165, 1.54) is 11.8 Å². The van der Waals surface area contributed by atoms with Gasteiger partial charge in [-0.3, -0.25) is 24.6 Å². The number of imide groups is 1. The van der Waals surface area contributed by atoms with Crippen LogP contribution in [0.4, 0.5) is 0 Å². The van der Waals surface area contributed by atoms with Crippen LogP contribution in [0.2, 0.25) is 0 Å². The molecule has 2 N–H and O–H groups in total. The molecule has 0 aromatic heterocycles. The Kier molecular flexibility index (Phi) is 6.84. The number of benzene rings is 1. The van der Waals surface area contributed by atoms with Gasteiger partial charge < -0.3 is 5.32 Å². The zero-order valence-electron chi connectivity index (χ0n) is 15.5. The van der Waals surface area contributed by atoms with Crippen LogP contribution in [-0.4, -0.2) is 59.1 Å². The van der Waals surface area contributed by atoms with Gasteiger partial charge in [-0.05, 0) is 37.8 Å². The number of carbonyl (C=O) groups excluding carboxylic acids is 3. The number of hydrogen-bond donors (Lipinski definition) is 2. The number of nitrogens with one attached hydrogen (secondary N) is 2. The van der Waals surface area contributed by atoms with Gasteiger partial charge in [-0.15, -0.1) is 11.8 Å². The van der Waals surface area contributed by atoms with Crippen LogP contribution < -0.4 is 15.5 Å². The topological polar surface area (TPSA) is 110 Å². The molecule has 0 atom stereocenters. The van der Waals surface area contributed by atoms with Crippen molar-refractivity contribution in [3.05, 3.63) is 40.3 Å². The van der Waals surface area contributed by atoms with E-state index in [-0.39, 0.29) is 36.6 Å². The van der Waals surface area contributed by atoms with Crippen LogP contribution in [0.15, 0.2) is 24.3 Å². The third kappa shape index (κ3) is 4.79. The summed E-state index contributed by atoms with van der Waals surface area (Å²) >= 11 is 1.30. The predicted molar refractivity (Wildman–Crippen MR) is 108 cm³/mol. The summed E-state index contributed by atoms with van der Waals surface area (Å²) in [6, 6.07) is 6.99. The van der Waals surface area contributed by atoms with Gasteiger partial charge in [-0.1, -0.05) is 12.1 Å². The number of hydrogen-bond acceptors (Lipinski definition) is 5. The van der Waals surface area contributed by atoms with Crippen LogP contribution in [0, 0.1) is 4.91 Å². The minimum absolute atomic E-state index is 0.124. The monoisotopic (exact) mass is 403 g/mol. The summed E-state index contributed by atoms with van der Waals surface area (Å²) in [5.74, 6) is 0.0136. The Morgan fingerprint density at radius 2 is 1.75 bits per heavy atom. The van der Waals surface area contributed by atoms with Crippen molar-refractivity contribution >= 4 is 35.3 Å². The summed E-state index contributed by atoms with van der Waals surface area (Å²) in [4.78, 5) is 51.5. The minimum Gasteiger partial charge on any atom is -0.354 e. The van der Waals surface area contributed by atoms with E-state index in [0.717, 1.165) is 30.6 Å². The predicted octanol–water partition coefficient (Wildman–Crippen LogP) is 0.896. The van der Waals surface area contributed by atoms with Gasteiger partial charge in [0.05, 0.1) is 27.8 Å². The molecular weight excluding hydrogens is 380 g/mol. The van der Waals surface area contributed by atoms with E-state index in [2.05, 4.69) is 15.5 Å². The van der Waals surface area contributed by atoms with Crippen molar-refractivity contribution in [3.63, 3.8) is 0 Å². The zero-order valence-corrected chi connectivity index (χ0v) is 16.3. The van der Waals surface area contributed by atoms with Crippen molar-refractivity contribution in [1.29, 1.82) is 0 Å². The van der Waals surface area contributed by atoms with Gasteiger partial charge in [0.1, 0.15) is 5.75 Å². The Morgan fingerprint density at radius 1 is 1.11 bits per heavy atom. The lowest BCUT2D eigenvalue weighted by Crippen LogP contribution is -2.39. The van der Waals surface area contributed by atoms with Crippen molar-refractivity contribution in [2.24, 2.45) is 0 Å². The first-order valence-electron chi connectivity index (χ1n) is 9.35. The summed E-state index contributed by atoms with van der Waals surface area (Å²) in [5, 5.41) is 5.84. The normalized spacial score (nSPS) is 16.1. The van der Waals surface area contributed by atoms with E-state index in [9.17, 15) is 19.3 Å². The van der Waals surface area contributed by atoms with Gasteiger partial charge in [0.15, 0.2) is 0 Å². The highest BCUT2D eigenvalue weighted by molar-refractivity contribution is 8.00. The molecule has 1 heterocycles. The van der Waals surface area contributed by atoms with Crippen molar-refractivity contribution in [1.82, 2.24) is 20.4 Å². The molecule has 1 aromatic carbocycles. The number of fused-ring (bicyclic) bond motifs is 1.